The third-order valence-electron chi connectivity index (χ3n) is 2.30. The Labute approximate surface area is 75.8 Å². The zero-order valence-electron chi connectivity index (χ0n) is 7.64. The topological polar surface area (TPSA) is 12.9 Å². The van der Waals surface area contributed by atoms with Gasteiger partial charge in [0.2, 0.25) is 0 Å². The summed E-state index contributed by atoms with van der Waals surface area (Å²) < 4.78 is 25.4. The molecule has 1 atom stereocenters. The second-order valence-corrected chi connectivity index (χ2v) is 3.73. The summed E-state index contributed by atoms with van der Waals surface area (Å²) in [6, 6.07) is 3.64. The molecule has 1 saturated carbocycles. The highest BCUT2D eigenvalue weighted by molar-refractivity contribution is 5.28. The van der Waals surface area contributed by atoms with Crippen LogP contribution in [0.2, 0.25) is 0 Å². The lowest BCUT2D eigenvalue weighted by Gasteiger charge is -2.02. The van der Waals surface area contributed by atoms with Gasteiger partial charge in [-0.25, -0.2) is 8.78 Å². The molecule has 1 aromatic rings. The van der Waals surface area contributed by atoms with E-state index in [1.165, 1.54) is 0 Å². The first kappa shape index (κ1) is 8.60. The number of aryl methyl sites for hydroxylation is 2. The predicted octanol–water partition coefficient (Wildman–Crippen LogP) is 2.82. The second kappa shape index (κ2) is 2.50. The van der Waals surface area contributed by atoms with Gasteiger partial charge in [0.1, 0.15) is 0 Å². The smallest absolute Gasteiger partial charge is 0.257 e. The molecule has 1 aliphatic rings. The van der Waals surface area contributed by atoms with Crippen LogP contribution in [0.15, 0.2) is 12.1 Å². The largest absolute Gasteiger partial charge is 0.258 e. The molecule has 3 heteroatoms. The van der Waals surface area contributed by atoms with E-state index >= 15 is 0 Å². The van der Waals surface area contributed by atoms with E-state index < -0.39 is 11.8 Å². The maximum absolute atomic E-state index is 12.7. The normalized spacial score (nSPS) is 24.5. The van der Waals surface area contributed by atoms with Gasteiger partial charge in [-0.2, -0.15) is 0 Å². The van der Waals surface area contributed by atoms with Gasteiger partial charge in [-0.3, -0.25) is 4.98 Å². The van der Waals surface area contributed by atoms with Crippen LogP contribution in [0.5, 0.6) is 0 Å². The maximum atomic E-state index is 12.7. The lowest BCUT2D eigenvalue weighted by atomic mass is 10.1. The summed E-state index contributed by atoms with van der Waals surface area (Å²) in [7, 11) is 0. The minimum atomic E-state index is -2.51. The van der Waals surface area contributed by atoms with E-state index in [9.17, 15) is 8.78 Å². The molecule has 0 aromatic carbocycles. The van der Waals surface area contributed by atoms with E-state index in [0.29, 0.717) is 5.69 Å². The summed E-state index contributed by atoms with van der Waals surface area (Å²) in [6.07, 6.45) is -0.0388. The Bertz CT molecular complexity index is 327. The lowest BCUT2D eigenvalue weighted by molar-refractivity contribution is 0.111. The Hall–Kier alpha value is -0.990. The van der Waals surface area contributed by atoms with Gasteiger partial charge in [-0.15, -0.1) is 0 Å². The molecule has 2 rings (SSSR count). The number of hydrogen-bond acceptors (Lipinski definition) is 1. The van der Waals surface area contributed by atoms with Crippen molar-refractivity contribution in [3.8, 4) is 0 Å². The molecule has 13 heavy (non-hydrogen) atoms. The molecule has 0 bridgehead atoms. The van der Waals surface area contributed by atoms with Crippen LogP contribution in [0.25, 0.3) is 0 Å². The summed E-state index contributed by atoms with van der Waals surface area (Å²) >= 11 is 0. The number of hydrogen-bond donors (Lipinski definition) is 0. The van der Waals surface area contributed by atoms with Crippen molar-refractivity contribution in [3.05, 3.63) is 29.1 Å². The van der Waals surface area contributed by atoms with E-state index in [1.807, 2.05) is 19.9 Å². The highest BCUT2D eigenvalue weighted by Crippen LogP contribution is 2.55. The van der Waals surface area contributed by atoms with Crippen molar-refractivity contribution in [1.82, 2.24) is 4.98 Å². The van der Waals surface area contributed by atoms with Crippen molar-refractivity contribution in [1.29, 1.82) is 0 Å². The number of aromatic nitrogens is 1. The molecule has 0 aliphatic heterocycles. The van der Waals surface area contributed by atoms with E-state index in [-0.39, 0.29) is 6.42 Å². The van der Waals surface area contributed by atoms with Crippen LogP contribution in [-0.4, -0.2) is 10.9 Å². The van der Waals surface area contributed by atoms with Gasteiger partial charge in [0, 0.05) is 12.1 Å². The fourth-order valence-electron chi connectivity index (χ4n) is 1.59. The van der Waals surface area contributed by atoms with Gasteiger partial charge in [-0.05, 0) is 31.5 Å². The summed E-state index contributed by atoms with van der Waals surface area (Å²) in [5, 5.41) is 0. The predicted molar refractivity (Wildman–Crippen MR) is 46.0 cm³/mol. The third-order valence-corrected chi connectivity index (χ3v) is 2.30. The number of alkyl halides is 2. The standard InChI is InChI=1S/C10H11F2N/c1-6-3-7(2)13-9(4-6)8-5-10(8,11)12/h3-4,8H,5H2,1-2H3. The average molecular weight is 183 g/mol. The van der Waals surface area contributed by atoms with E-state index in [1.54, 1.807) is 6.07 Å². The molecule has 1 unspecified atom stereocenters. The van der Waals surface area contributed by atoms with Gasteiger partial charge < -0.3 is 0 Å². The Morgan fingerprint density at radius 2 is 2.00 bits per heavy atom. The molecule has 0 spiro atoms. The van der Waals surface area contributed by atoms with Gasteiger partial charge in [0.25, 0.3) is 5.92 Å². The van der Waals surface area contributed by atoms with Crippen molar-refractivity contribution in [2.45, 2.75) is 32.1 Å². The van der Waals surface area contributed by atoms with Crippen molar-refractivity contribution in [2.24, 2.45) is 0 Å². The summed E-state index contributed by atoms with van der Waals surface area (Å²) in [5.74, 6) is -3.14. The highest BCUT2D eigenvalue weighted by Gasteiger charge is 2.58. The van der Waals surface area contributed by atoms with Crippen molar-refractivity contribution >= 4 is 0 Å². The van der Waals surface area contributed by atoms with Crippen LogP contribution < -0.4 is 0 Å². The lowest BCUT2D eigenvalue weighted by Crippen LogP contribution is -1.97. The molecular weight excluding hydrogens is 172 g/mol. The summed E-state index contributed by atoms with van der Waals surface area (Å²) in [5.41, 5.74) is 2.37. The Morgan fingerprint density at radius 1 is 1.38 bits per heavy atom. The first-order valence-electron chi connectivity index (χ1n) is 4.32. The molecular formula is C10H11F2N. The number of halogens is 2. The molecule has 1 fully saturated rings. The monoisotopic (exact) mass is 183 g/mol. The van der Waals surface area contributed by atoms with Crippen molar-refractivity contribution < 1.29 is 8.78 Å². The van der Waals surface area contributed by atoms with Crippen LogP contribution >= 0.6 is 0 Å². The van der Waals surface area contributed by atoms with Crippen LogP contribution in [0.4, 0.5) is 8.78 Å². The molecule has 0 saturated heterocycles. The SMILES string of the molecule is Cc1cc(C)nc(C2CC2(F)F)c1. The Balaban J connectivity index is 2.32. The molecule has 1 nitrogen and oxygen atoms in total. The first-order chi connectivity index (χ1) is 5.99. The third kappa shape index (κ3) is 1.55. The Morgan fingerprint density at radius 3 is 2.46 bits per heavy atom. The maximum Gasteiger partial charge on any atom is 0.257 e. The Kier molecular flexibility index (Phi) is 1.65. The van der Waals surface area contributed by atoms with Crippen LogP contribution in [-0.2, 0) is 0 Å². The van der Waals surface area contributed by atoms with Gasteiger partial charge >= 0.3 is 0 Å². The van der Waals surface area contributed by atoms with Gasteiger partial charge in [0.05, 0.1) is 11.6 Å². The molecule has 1 aliphatic carbocycles. The van der Waals surface area contributed by atoms with Gasteiger partial charge in [-0.1, -0.05) is 0 Å². The zero-order chi connectivity index (χ0) is 9.64. The zero-order valence-corrected chi connectivity index (χ0v) is 7.64. The summed E-state index contributed by atoms with van der Waals surface area (Å²) in [4.78, 5) is 4.11. The molecule has 0 radical (unpaired) electrons. The fourth-order valence-corrected chi connectivity index (χ4v) is 1.59. The highest BCUT2D eigenvalue weighted by atomic mass is 19.3. The van der Waals surface area contributed by atoms with Crippen LogP contribution in [0, 0.1) is 13.8 Å². The fraction of sp³-hybridized carbons (Fsp3) is 0.500. The van der Waals surface area contributed by atoms with Crippen LogP contribution in [0.3, 0.4) is 0 Å². The van der Waals surface area contributed by atoms with E-state index in [0.717, 1.165) is 11.3 Å². The van der Waals surface area contributed by atoms with Crippen LogP contribution in [0.1, 0.15) is 29.3 Å². The molecule has 0 amide bonds. The molecule has 1 aromatic heterocycles. The minimum absolute atomic E-state index is 0.0388. The van der Waals surface area contributed by atoms with Gasteiger partial charge in [0.15, 0.2) is 0 Å². The quantitative estimate of drug-likeness (QED) is 0.652. The molecule has 0 N–H and O–H groups in total. The number of rotatable bonds is 1. The van der Waals surface area contributed by atoms with E-state index in [2.05, 4.69) is 4.98 Å². The average Bonchev–Trinajstić information content (AvgIpc) is 2.57. The van der Waals surface area contributed by atoms with Crippen molar-refractivity contribution in [2.75, 3.05) is 0 Å². The first-order valence-corrected chi connectivity index (χ1v) is 4.32. The second-order valence-electron chi connectivity index (χ2n) is 3.73. The molecule has 70 valence electrons. The minimum Gasteiger partial charge on any atom is -0.258 e. The molecule has 1 heterocycles. The number of pyridine rings is 1. The van der Waals surface area contributed by atoms with E-state index in [4.69, 9.17) is 0 Å². The number of nitrogens with zero attached hydrogens (tertiary/aromatic N) is 1. The van der Waals surface area contributed by atoms with Crippen molar-refractivity contribution in [3.63, 3.8) is 0 Å². The summed E-state index contributed by atoms with van der Waals surface area (Å²) in [6.45, 7) is 3.73.